The predicted octanol–water partition coefficient (Wildman–Crippen LogP) is 3.84. The summed E-state index contributed by atoms with van der Waals surface area (Å²) in [6.45, 7) is 1.97. The summed E-state index contributed by atoms with van der Waals surface area (Å²) in [6.07, 6.45) is 0.514. The van der Waals surface area contributed by atoms with Crippen LogP contribution in [-0.4, -0.2) is 55.0 Å². The fourth-order valence-corrected chi connectivity index (χ4v) is 4.23. The molecule has 0 radical (unpaired) electrons. The normalized spacial score (nSPS) is 17.3. The maximum Gasteiger partial charge on any atom is 0.308 e. The van der Waals surface area contributed by atoms with Crippen molar-refractivity contribution >= 4 is 39.3 Å². The van der Waals surface area contributed by atoms with Crippen molar-refractivity contribution < 1.29 is 33.7 Å². The number of aliphatic hydroxyl groups excluding tert-OH is 1. The van der Waals surface area contributed by atoms with Crippen molar-refractivity contribution in [2.24, 2.45) is 0 Å². The predicted molar refractivity (Wildman–Crippen MR) is 124 cm³/mol. The molecule has 1 aliphatic rings. The zero-order valence-electron chi connectivity index (χ0n) is 18.5. The second-order valence-electron chi connectivity index (χ2n) is 7.35. The van der Waals surface area contributed by atoms with Crippen LogP contribution >= 0.6 is 15.9 Å². The lowest BCUT2D eigenvalue weighted by molar-refractivity contribution is -0.140. The summed E-state index contributed by atoms with van der Waals surface area (Å²) >= 11 is 3.38. The van der Waals surface area contributed by atoms with Gasteiger partial charge in [-0.15, -0.1) is 0 Å². The van der Waals surface area contributed by atoms with Gasteiger partial charge in [0, 0.05) is 32.7 Å². The van der Waals surface area contributed by atoms with Crippen LogP contribution in [-0.2, 0) is 19.1 Å². The number of hydrogen-bond donors (Lipinski definition) is 1. The van der Waals surface area contributed by atoms with Gasteiger partial charge in [0.05, 0.1) is 23.2 Å². The van der Waals surface area contributed by atoms with Crippen LogP contribution < -0.4 is 9.47 Å². The number of carbonyl (C=O) groups excluding carboxylic acids is 3. The number of nitrogens with zero attached hydrogens (tertiary/aromatic N) is 1. The van der Waals surface area contributed by atoms with Gasteiger partial charge in [-0.05, 0) is 58.2 Å². The molecule has 0 aliphatic carbocycles. The van der Waals surface area contributed by atoms with Gasteiger partial charge in [-0.3, -0.25) is 14.4 Å². The molecular weight excluding hydrogens is 494 g/mol. The molecule has 0 aromatic heterocycles. The van der Waals surface area contributed by atoms with Crippen LogP contribution in [0.15, 0.2) is 52.5 Å². The molecule has 1 unspecified atom stereocenters. The fraction of sp³-hybridized carbons (Fsp3) is 0.292. The van der Waals surface area contributed by atoms with Gasteiger partial charge in [0.15, 0.2) is 0 Å². The number of esters is 1. The topological polar surface area (TPSA) is 102 Å². The molecule has 1 amide bonds. The summed E-state index contributed by atoms with van der Waals surface area (Å²) in [5, 5.41) is 11.1. The standard InChI is InChI=1S/C24H24BrNO7/c1-14(27)33-17-8-5-15(6-9-17)21-20(23(29)24(30)26(21)11-4-12-31-2)22(28)16-7-10-19(32-3)18(25)13-16/h5-10,13,21,28H,4,11-12H2,1-3H3/b22-20-. The number of benzene rings is 2. The minimum atomic E-state index is -0.811. The first-order valence-electron chi connectivity index (χ1n) is 10.2. The maximum absolute atomic E-state index is 13.0. The molecule has 0 bridgehead atoms. The monoisotopic (exact) mass is 517 g/mol. The highest BCUT2D eigenvalue weighted by molar-refractivity contribution is 9.10. The first-order chi connectivity index (χ1) is 15.8. The number of amides is 1. The van der Waals surface area contributed by atoms with E-state index in [1.807, 2.05) is 0 Å². The molecule has 8 nitrogen and oxygen atoms in total. The van der Waals surface area contributed by atoms with E-state index < -0.39 is 23.7 Å². The molecular formula is C24H24BrNO7. The van der Waals surface area contributed by atoms with Gasteiger partial charge in [-0.1, -0.05) is 12.1 Å². The summed E-state index contributed by atoms with van der Waals surface area (Å²) in [5.41, 5.74) is 0.936. The Labute approximate surface area is 199 Å². The van der Waals surface area contributed by atoms with Gasteiger partial charge in [-0.25, -0.2) is 0 Å². The van der Waals surface area contributed by atoms with E-state index >= 15 is 0 Å². The molecule has 0 spiro atoms. The molecule has 9 heteroatoms. The molecule has 33 heavy (non-hydrogen) atoms. The van der Waals surface area contributed by atoms with Gasteiger partial charge in [0.1, 0.15) is 17.3 Å². The van der Waals surface area contributed by atoms with E-state index in [0.29, 0.717) is 40.1 Å². The number of hydrogen-bond acceptors (Lipinski definition) is 7. The Morgan fingerprint density at radius 3 is 2.39 bits per heavy atom. The molecule has 1 fully saturated rings. The molecule has 2 aromatic carbocycles. The van der Waals surface area contributed by atoms with E-state index in [2.05, 4.69) is 15.9 Å². The minimum Gasteiger partial charge on any atom is -0.507 e. The lowest BCUT2D eigenvalue weighted by Gasteiger charge is -2.25. The zero-order valence-corrected chi connectivity index (χ0v) is 20.0. The molecule has 3 rings (SSSR count). The number of rotatable bonds is 8. The first kappa shape index (κ1) is 24.5. The molecule has 1 N–H and O–H groups in total. The number of halogens is 1. The smallest absolute Gasteiger partial charge is 0.308 e. The third-order valence-corrected chi connectivity index (χ3v) is 5.79. The Balaban J connectivity index is 2.10. The average Bonchev–Trinajstić information content (AvgIpc) is 3.04. The Bertz CT molecular complexity index is 1090. The van der Waals surface area contributed by atoms with E-state index in [4.69, 9.17) is 14.2 Å². The number of carbonyl (C=O) groups is 3. The van der Waals surface area contributed by atoms with Gasteiger partial charge < -0.3 is 24.2 Å². The van der Waals surface area contributed by atoms with Crippen molar-refractivity contribution in [2.75, 3.05) is 27.4 Å². The highest BCUT2D eigenvalue weighted by Gasteiger charge is 2.45. The number of methoxy groups -OCH3 is 2. The van der Waals surface area contributed by atoms with E-state index in [-0.39, 0.29) is 17.9 Å². The van der Waals surface area contributed by atoms with E-state index in [1.165, 1.54) is 18.9 Å². The summed E-state index contributed by atoms with van der Waals surface area (Å²) < 4.78 is 16.0. The first-order valence-corrected chi connectivity index (χ1v) is 11.0. The maximum atomic E-state index is 13.0. The third-order valence-electron chi connectivity index (χ3n) is 5.17. The highest BCUT2D eigenvalue weighted by Crippen LogP contribution is 2.40. The number of likely N-dealkylation sites (tertiary alicyclic amines) is 1. The van der Waals surface area contributed by atoms with Crippen LogP contribution in [0, 0.1) is 0 Å². The summed E-state index contributed by atoms with van der Waals surface area (Å²) in [7, 11) is 3.07. The highest BCUT2D eigenvalue weighted by atomic mass is 79.9. The van der Waals surface area contributed by atoms with Crippen molar-refractivity contribution in [1.82, 2.24) is 4.90 Å². The SMILES string of the molecule is COCCCN1C(=O)C(=O)/C(=C(\O)c2ccc(OC)c(Br)c2)C1c1ccc(OC(C)=O)cc1. The van der Waals surface area contributed by atoms with Crippen molar-refractivity contribution in [3.63, 3.8) is 0 Å². The second-order valence-corrected chi connectivity index (χ2v) is 8.21. The van der Waals surface area contributed by atoms with Crippen molar-refractivity contribution in [2.45, 2.75) is 19.4 Å². The Morgan fingerprint density at radius 2 is 1.82 bits per heavy atom. The van der Waals surface area contributed by atoms with Crippen molar-refractivity contribution in [3.05, 3.63) is 63.6 Å². The largest absolute Gasteiger partial charge is 0.507 e. The van der Waals surface area contributed by atoms with Gasteiger partial charge >= 0.3 is 5.97 Å². The van der Waals surface area contributed by atoms with Crippen LogP contribution in [0.3, 0.4) is 0 Å². The summed E-state index contributed by atoms with van der Waals surface area (Å²) in [6, 6.07) is 10.5. The molecule has 2 aromatic rings. The lowest BCUT2D eigenvalue weighted by Crippen LogP contribution is -2.31. The van der Waals surface area contributed by atoms with E-state index in [1.54, 1.807) is 49.6 Å². The van der Waals surface area contributed by atoms with Crippen LogP contribution in [0.2, 0.25) is 0 Å². The summed E-state index contributed by atoms with van der Waals surface area (Å²) in [4.78, 5) is 38.6. The van der Waals surface area contributed by atoms with E-state index in [9.17, 15) is 19.5 Å². The average molecular weight is 518 g/mol. The molecule has 1 aliphatic heterocycles. The third kappa shape index (κ3) is 5.26. The second kappa shape index (κ2) is 10.6. The zero-order chi connectivity index (χ0) is 24.1. The number of ether oxygens (including phenoxy) is 3. The minimum absolute atomic E-state index is 0.0188. The Hall–Kier alpha value is -3.17. The number of Topliss-reactive ketones (excluding diaryl/α,β-unsaturated/α-hetero) is 1. The van der Waals surface area contributed by atoms with Gasteiger partial charge in [0.25, 0.3) is 11.7 Å². The quantitative estimate of drug-likeness (QED) is 0.142. The number of aliphatic hydroxyl groups is 1. The number of ketones is 1. The molecule has 0 saturated carbocycles. The van der Waals surface area contributed by atoms with Gasteiger partial charge in [0.2, 0.25) is 0 Å². The van der Waals surface area contributed by atoms with Crippen molar-refractivity contribution in [3.8, 4) is 11.5 Å². The van der Waals surface area contributed by atoms with Gasteiger partial charge in [-0.2, -0.15) is 0 Å². The molecule has 1 atom stereocenters. The van der Waals surface area contributed by atoms with Crippen LogP contribution in [0.1, 0.15) is 30.5 Å². The van der Waals surface area contributed by atoms with Crippen LogP contribution in [0.5, 0.6) is 11.5 Å². The lowest BCUT2D eigenvalue weighted by atomic mass is 9.95. The molecule has 1 saturated heterocycles. The van der Waals surface area contributed by atoms with E-state index in [0.717, 1.165) is 0 Å². The molecule has 1 heterocycles. The molecule has 174 valence electrons. The Kier molecular flexibility index (Phi) is 7.88. The fourth-order valence-electron chi connectivity index (χ4n) is 3.69. The van der Waals surface area contributed by atoms with Crippen LogP contribution in [0.4, 0.5) is 0 Å². The van der Waals surface area contributed by atoms with Crippen molar-refractivity contribution in [1.29, 1.82) is 0 Å². The Morgan fingerprint density at radius 1 is 1.12 bits per heavy atom. The summed E-state index contributed by atoms with van der Waals surface area (Å²) in [5.74, 6) is -1.33. The van der Waals surface area contributed by atoms with Crippen LogP contribution in [0.25, 0.3) is 5.76 Å².